The molecule has 0 saturated carbocycles. The van der Waals surface area contributed by atoms with Crippen molar-refractivity contribution in [3.8, 4) is 11.8 Å². The summed E-state index contributed by atoms with van der Waals surface area (Å²) in [5.74, 6) is 4.19. The van der Waals surface area contributed by atoms with Gasteiger partial charge >= 0.3 is 12.1 Å². The van der Waals surface area contributed by atoms with Crippen LogP contribution in [0.2, 0.25) is 0 Å². The zero-order valence-corrected chi connectivity index (χ0v) is 10.9. The van der Waals surface area contributed by atoms with E-state index in [0.717, 1.165) is 12.1 Å². The predicted octanol–water partition coefficient (Wildman–Crippen LogP) is 2.92. The highest BCUT2D eigenvalue weighted by atomic mass is 19.4. The van der Waals surface area contributed by atoms with Crippen molar-refractivity contribution in [2.24, 2.45) is 0 Å². The SMILES string of the molecule is CCOC(=O)CC#Cc1ccc(C(F)(F)F)c([N+](=O)[O-])c1. The number of halogens is 3. The highest BCUT2D eigenvalue weighted by molar-refractivity contribution is 5.72. The van der Waals surface area contributed by atoms with Gasteiger partial charge in [0.25, 0.3) is 5.69 Å². The van der Waals surface area contributed by atoms with Gasteiger partial charge in [-0.3, -0.25) is 14.9 Å². The van der Waals surface area contributed by atoms with Crippen molar-refractivity contribution in [1.82, 2.24) is 0 Å². The Bertz CT molecular complexity index is 614. The highest BCUT2D eigenvalue weighted by Crippen LogP contribution is 2.36. The molecule has 0 saturated heterocycles. The number of ether oxygens (including phenoxy) is 1. The molecule has 0 aromatic heterocycles. The van der Waals surface area contributed by atoms with Crippen molar-refractivity contribution in [1.29, 1.82) is 0 Å². The second-order valence-corrected chi connectivity index (χ2v) is 3.77. The van der Waals surface area contributed by atoms with E-state index in [1.165, 1.54) is 0 Å². The lowest BCUT2D eigenvalue weighted by molar-refractivity contribution is -0.388. The predicted molar refractivity (Wildman–Crippen MR) is 66.2 cm³/mol. The van der Waals surface area contributed by atoms with Crippen LogP contribution in [-0.2, 0) is 15.7 Å². The molecule has 112 valence electrons. The number of hydrogen-bond donors (Lipinski definition) is 0. The summed E-state index contributed by atoms with van der Waals surface area (Å²) in [7, 11) is 0. The van der Waals surface area contributed by atoms with Crippen molar-refractivity contribution in [2.45, 2.75) is 19.5 Å². The Kier molecular flexibility index (Phi) is 5.30. The smallest absolute Gasteiger partial charge is 0.422 e. The molecule has 8 heteroatoms. The molecule has 0 unspecified atom stereocenters. The summed E-state index contributed by atoms with van der Waals surface area (Å²) in [5, 5.41) is 10.7. The minimum atomic E-state index is -4.82. The molecule has 0 aliphatic rings. The molecular formula is C13H10F3NO4. The number of carbonyl (C=O) groups is 1. The van der Waals surface area contributed by atoms with Gasteiger partial charge in [-0.15, -0.1) is 0 Å². The third-order valence-electron chi connectivity index (χ3n) is 2.27. The molecule has 1 aromatic rings. The first-order valence-electron chi connectivity index (χ1n) is 5.75. The molecule has 1 rings (SSSR count). The van der Waals surface area contributed by atoms with Gasteiger partial charge in [-0.25, -0.2) is 0 Å². The number of hydrogen-bond acceptors (Lipinski definition) is 4. The first kappa shape index (κ1) is 16.5. The Hall–Kier alpha value is -2.56. The molecule has 0 spiro atoms. The molecule has 1 aromatic carbocycles. The Labute approximate surface area is 117 Å². The number of rotatable bonds is 3. The molecule has 0 aliphatic heterocycles. The number of nitro groups is 1. The van der Waals surface area contributed by atoms with Gasteiger partial charge in [0.15, 0.2) is 0 Å². The van der Waals surface area contributed by atoms with Crippen molar-refractivity contribution in [3.05, 3.63) is 39.4 Å². The maximum Gasteiger partial charge on any atom is 0.422 e. The molecule has 21 heavy (non-hydrogen) atoms. The van der Waals surface area contributed by atoms with E-state index in [1.807, 2.05) is 0 Å². The molecule has 0 radical (unpaired) electrons. The van der Waals surface area contributed by atoms with Crippen LogP contribution in [0.3, 0.4) is 0 Å². The standard InChI is InChI=1S/C13H10F3NO4/c1-2-21-12(18)5-3-4-9-6-7-10(13(14,15)16)11(8-9)17(19)20/h6-8H,2,5H2,1H3. The fraction of sp³-hybridized carbons (Fsp3) is 0.308. The Morgan fingerprint density at radius 2 is 2.10 bits per heavy atom. The minimum absolute atomic E-state index is 0.0130. The zero-order chi connectivity index (χ0) is 16.0. The Morgan fingerprint density at radius 1 is 1.43 bits per heavy atom. The van der Waals surface area contributed by atoms with Crippen LogP contribution in [0.5, 0.6) is 0 Å². The molecule has 0 heterocycles. The number of alkyl halides is 3. The third-order valence-corrected chi connectivity index (χ3v) is 2.27. The van der Waals surface area contributed by atoms with Crippen LogP contribution < -0.4 is 0 Å². The van der Waals surface area contributed by atoms with Crippen LogP contribution in [0, 0.1) is 22.0 Å². The largest absolute Gasteiger partial charge is 0.465 e. The quantitative estimate of drug-likeness (QED) is 0.372. The summed E-state index contributed by atoms with van der Waals surface area (Å²) < 4.78 is 42.4. The molecule has 0 fully saturated rings. The van der Waals surface area contributed by atoms with Crippen LogP contribution in [0.25, 0.3) is 0 Å². The number of nitro benzene ring substituents is 1. The molecule has 0 amide bonds. The van der Waals surface area contributed by atoms with Gasteiger partial charge in [-0.1, -0.05) is 11.8 Å². The van der Waals surface area contributed by atoms with E-state index in [-0.39, 0.29) is 18.6 Å². The van der Waals surface area contributed by atoms with E-state index in [9.17, 15) is 28.1 Å². The first-order valence-corrected chi connectivity index (χ1v) is 5.75. The summed E-state index contributed by atoms with van der Waals surface area (Å²) in [6.45, 7) is 1.80. The fourth-order valence-corrected chi connectivity index (χ4v) is 1.43. The molecular weight excluding hydrogens is 291 g/mol. The van der Waals surface area contributed by atoms with Crippen molar-refractivity contribution in [3.63, 3.8) is 0 Å². The summed E-state index contributed by atoms with van der Waals surface area (Å²) >= 11 is 0. The van der Waals surface area contributed by atoms with Gasteiger partial charge in [0, 0.05) is 11.6 Å². The number of nitrogens with zero attached hydrogens (tertiary/aromatic N) is 1. The zero-order valence-electron chi connectivity index (χ0n) is 10.9. The van der Waals surface area contributed by atoms with E-state index in [4.69, 9.17) is 0 Å². The van der Waals surface area contributed by atoms with Crippen molar-refractivity contribution in [2.75, 3.05) is 6.61 Å². The van der Waals surface area contributed by atoms with E-state index in [1.54, 1.807) is 6.92 Å². The lowest BCUT2D eigenvalue weighted by Gasteiger charge is -2.07. The van der Waals surface area contributed by atoms with E-state index < -0.39 is 28.3 Å². The molecule has 0 N–H and O–H groups in total. The number of esters is 1. The minimum Gasteiger partial charge on any atom is -0.465 e. The fourth-order valence-electron chi connectivity index (χ4n) is 1.43. The highest BCUT2D eigenvalue weighted by Gasteiger charge is 2.38. The van der Waals surface area contributed by atoms with Gasteiger partial charge in [-0.2, -0.15) is 13.2 Å². The Morgan fingerprint density at radius 3 is 2.62 bits per heavy atom. The van der Waals surface area contributed by atoms with E-state index in [0.29, 0.717) is 6.07 Å². The van der Waals surface area contributed by atoms with Gasteiger partial charge in [-0.05, 0) is 19.1 Å². The third kappa shape index (κ3) is 4.80. The molecule has 0 atom stereocenters. The first-order chi connectivity index (χ1) is 9.75. The van der Waals surface area contributed by atoms with Crippen LogP contribution in [0.1, 0.15) is 24.5 Å². The summed E-state index contributed by atoms with van der Waals surface area (Å²) in [6, 6.07) is 2.32. The maximum atomic E-state index is 12.6. The average Bonchev–Trinajstić information content (AvgIpc) is 2.37. The summed E-state index contributed by atoms with van der Waals surface area (Å²) in [5.41, 5.74) is -2.41. The lowest BCUT2D eigenvalue weighted by Crippen LogP contribution is -2.09. The van der Waals surface area contributed by atoms with Crippen LogP contribution in [-0.4, -0.2) is 17.5 Å². The van der Waals surface area contributed by atoms with Gasteiger partial charge < -0.3 is 4.74 Å². The molecule has 0 aliphatic carbocycles. The molecule has 0 bridgehead atoms. The van der Waals surface area contributed by atoms with Crippen molar-refractivity contribution >= 4 is 11.7 Å². The van der Waals surface area contributed by atoms with Gasteiger partial charge in [0.1, 0.15) is 12.0 Å². The van der Waals surface area contributed by atoms with E-state index in [2.05, 4.69) is 16.6 Å². The van der Waals surface area contributed by atoms with Crippen LogP contribution in [0.15, 0.2) is 18.2 Å². The Balaban J connectivity index is 3.03. The van der Waals surface area contributed by atoms with Gasteiger partial charge in [0.2, 0.25) is 0 Å². The van der Waals surface area contributed by atoms with Crippen LogP contribution in [0.4, 0.5) is 18.9 Å². The topological polar surface area (TPSA) is 69.4 Å². The second kappa shape index (κ2) is 6.74. The normalized spacial score (nSPS) is 10.5. The summed E-state index contributed by atoms with van der Waals surface area (Å²) in [4.78, 5) is 20.6. The number of benzene rings is 1. The van der Waals surface area contributed by atoms with E-state index >= 15 is 0 Å². The lowest BCUT2D eigenvalue weighted by atomic mass is 10.1. The summed E-state index contributed by atoms with van der Waals surface area (Å²) in [6.07, 6.45) is -5.07. The van der Waals surface area contributed by atoms with Crippen molar-refractivity contribution < 1.29 is 27.6 Å². The number of carbonyl (C=O) groups excluding carboxylic acids is 1. The van der Waals surface area contributed by atoms with Crippen LogP contribution >= 0.6 is 0 Å². The molecule has 5 nitrogen and oxygen atoms in total. The second-order valence-electron chi connectivity index (χ2n) is 3.77. The average molecular weight is 301 g/mol. The maximum absolute atomic E-state index is 12.6. The monoisotopic (exact) mass is 301 g/mol. The van der Waals surface area contributed by atoms with Gasteiger partial charge in [0.05, 0.1) is 11.5 Å².